The predicted octanol–water partition coefficient (Wildman–Crippen LogP) is 0.218. The van der Waals surface area contributed by atoms with Crippen LogP contribution in [-0.4, -0.2) is 69.2 Å². The molecule has 7 heteroatoms. The van der Waals surface area contributed by atoms with Gasteiger partial charge in [-0.15, -0.1) is 0 Å². The average molecular weight is 305 g/mol. The first-order chi connectivity index (χ1) is 9.52. The SMILES string of the molecule is CCCCC(=O)OC1CS(=O)(=O)CC1N1CCOCC1. The van der Waals surface area contributed by atoms with Crippen LogP contribution < -0.4 is 0 Å². The van der Waals surface area contributed by atoms with Gasteiger partial charge in [0.25, 0.3) is 0 Å². The predicted molar refractivity (Wildman–Crippen MR) is 74.2 cm³/mol. The minimum absolute atomic E-state index is 0.0487. The molecule has 2 fully saturated rings. The third kappa shape index (κ3) is 4.17. The molecule has 0 aliphatic carbocycles. The summed E-state index contributed by atoms with van der Waals surface area (Å²) in [5.74, 6) is -0.252. The van der Waals surface area contributed by atoms with Crippen molar-refractivity contribution in [2.45, 2.75) is 38.3 Å². The summed E-state index contributed by atoms with van der Waals surface area (Å²) in [6.45, 7) is 4.61. The van der Waals surface area contributed by atoms with Gasteiger partial charge in [0.15, 0.2) is 9.84 Å². The Morgan fingerprint density at radius 2 is 2.00 bits per heavy atom. The Bertz CT molecular complexity index is 430. The lowest BCUT2D eigenvalue weighted by Crippen LogP contribution is -2.49. The number of morpholine rings is 1. The molecule has 0 aromatic heterocycles. The van der Waals surface area contributed by atoms with Crippen LogP contribution in [0.4, 0.5) is 0 Å². The van der Waals surface area contributed by atoms with E-state index in [2.05, 4.69) is 4.90 Å². The molecule has 0 aromatic carbocycles. The molecule has 2 saturated heterocycles. The summed E-state index contributed by atoms with van der Waals surface area (Å²) in [7, 11) is -3.12. The van der Waals surface area contributed by atoms with Gasteiger partial charge in [-0.05, 0) is 6.42 Å². The van der Waals surface area contributed by atoms with E-state index in [-0.39, 0.29) is 23.5 Å². The van der Waals surface area contributed by atoms with E-state index in [1.807, 2.05) is 6.92 Å². The Labute approximate surface area is 120 Å². The molecule has 20 heavy (non-hydrogen) atoms. The van der Waals surface area contributed by atoms with Gasteiger partial charge >= 0.3 is 5.97 Å². The average Bonchev–Trinajstić information content (AvgIpc) is 2.72. The van der Waals surface area contributed by atoms with Crippen LogP contribution in [0.1, 0.15) is 26.2 Å². The topological polar surface area (TPSA) is 72.9 Å². The molecular weight excluding hydrogens is 282 g/mol. The second-order valence-corrected chi connectivity index (χ2v) is 7.58. The number of nitrogens with zero attached hydrogens (tertiary/aromatic N) is 1. The lowest BCUT2D eigenvalue weighted by molar-refractivity contribution is -0.151. The van der Waals surface area contributed by atoms with E-state index in [0.29, 0.717) is 32.7 Å². The summed E-state index contributed by atoms with van der Waals surface area (Å²) in [6.07, 6.45) is 1.54. The van der Waals surface area contributed by atoms with Crippen molar-refractivity contribution in [2.24, 2.45) is 0 Å². The number of sulfone groups is 1. The first-order valence-corrected chi connectivity index (χ1v) is 9.05. The molecule has 0 aromatic rings. The quantitative estimate of drug-likeness (QED) is 0.677. The van der Waals surface area contributed by atoms with E-state index < -0.39 is 15.9 Å². The maximum absolute atomic E-state index is 11.8. The summed E-state index contributed by atoms with van der Waals surface area (Å²) in [5, 5.41) is 0. The molecule has 0 radical (unpaired) electrons. The maximum atomic E-state index is 11.8. The highest BCUT2D eigenvalue weighted by atomic mass is 32.2. The minimum Gasteiger partial charge on any atom is -0.460 e. The van der Waals surface area contributed by atoms with Crippen LogP contribution >= 0.6 is 0 Å². The normalized spacial score (nSPS) is 30.2. The molecule has 2 unspecified atom stereocenters. The van der Waals surface area contributed by atoms with Gasteiger partial charge in [0.05, 0.1) is 30.8 Å². The molecule has 2 aliphatic rings. The van der Waals surface area contributed by atoms with Crippen molar-refractivity contribution in [1.82, 2.24) is 4.90 Å². The fourth-order valence-electron chi connectivity index (χ4n) is 2.71. The number of hydrogen-bond donors (Lipinski definition) is 0. The Morgan fingerprint density at radius 1 is 1.30 bits per heavy atom. The number of carbonyl (C=O) groups excluding carboxylic acids is 1. The van der Waals surface area contributed by atoms with Crippen LogP contribution in [-0.2, 0) is 24.1 Å². The summed E-state index contributed by atoms with van der Waals surface area (Å²) in [4.78, 5) is 13.8. The largest absolute Gasteiger partial charge is 0.460 e. The van der Waals surface area contributed by atoms with Crippen molar-refractivity contribution in [3.63, 3.8) is 0 Å². The molecule has 0 N–H and O–H groups in total. The Balaban J connectivity index is 1.98. The number of unbranched alkanes of at least 4 members (excludes halogenated alkanes) is 1. The number of carbonyl (C=O) groups is 1. The van der Waals surface area contributed by atoms with Gasteiger partial charge in [-0.3, -0.25) is 9.69 Å². The Kier molecular flexibility index (Phi) is 5.40. The van der Waals surface area contributed by atoms with Crippen molar-refractivity contribution in [2.75, 3.05) is 37.8 Å². The molecule has 2 aliphatic heterocycles. The van der Waals surface area contributed by atoms with Gasteiger partial charge in [-0.1, -0.05) is 13.3 Å². The summed E-state index contributed by atoms with van der Waals surface area (Å²) in [5.41, 5.74) is 0. The van der Waals surface area contributed by atoms with Crippen LogP contribution in [0.25, 0.3) is 0 Å². The third-order valence-electron chi connectivity index (χ3n) is 3.80. The van der Waals surface area contributed by atoms with Crippen molar-refractivity contribution < 1.29 is 22.7 Å². The van der Waals surface area contributed by atoms with Crippen LogP contribution in [0, 0.1) is 0 Å². The van der Waals surface area contributed by atoms with Crippen LogP contribution in [0.2, 0.25) is 0 Å². The van der Waals surface area contributed by atoms with Crippen molar-refractivity contribution in [3.8, 4) is 0 Å². The van der Waals surface area contributed by atoms with Gasteiger partial charge in [0.1, 0.15) is 6.10 Å². The number of hydrogen-bond acceptors (Lipinski definition) is 6. The van der Waals surface area contributed by atoms with Crippen molar-refractivity contribution in [3.05, 3.63) is 0 Å². The van der Waals surface area contributed by atoms with Crippen molar-refractivity contribution >= 4 is 15.8 Å². The molecular formula is C13H23NO5S. The van der Waals surface area contributed by atoms with Crippen LogP contribution in [0.15, 0.2) is 0 Å². The highest BCUT2D eigenvalue weighted by Gasteiger charge is 2.43. The fourth-order valence-corrected chi connectivity index (χ4v) is 4.58. The van der Waals surface area contributed by atoms with E-state index >= 15 is 0 Å². The van der Waals surface area contributed by atoms with Crippen LogP contribution in [0.5, 0.6) is 0 Å². The lowest BCUT2D eigenvalue weighted by Gasteiger charge is -2.34. The summed E-state index contributed by atoms with van der Waals surface area (Å²) < 4.78 is 34.4. The zero-order chi connectivity index (χ0) is 14.6. The number of rotatable bonds is 5. The smallest absolute Gasteiger partial charge is 0.306 e. The molecule has 0 amide bonds. The maximum Gasteiger partial charge on any atom is 0.306 e. The molecule has 116 valence electrons. The third-order valence-corrected chi connectivity index (χ3v) is 5.49. The van der Waals surface area contributed by atoms with E-state index in [1.165, 1.54) is 0 Å². The summed E-state index contributed by atoms with van der Waals surface area (Å²) >= 11 is 0. The molecule has 0 spiro atoms. The fraction of sp³-hybridized carbons (Fsp3) is 0.923. The van der Waals surface area contributed by atoms with E-state index in [4.69, 9.17) is 9.47 Å². The highest BCUT2D eigenvalue weighted by molar-refractivity contribution is 7.91. The Hall–Kier alpha value is -0.660. The molecule has 2 heterocycles. The first kappa shape index (κ1) is 15.7. The molecule has 0 bridgehead atoms. The second-order valence-electron chi connectivity index (χ2n) is 5.42. The monoisotopic (exact) mass is 305 g/mol. The zero-order valence-corrected chi connectivity index (χ0v) is 12.7. The van der Waals surface area contributed by atoms with Gasteiger partial charge in [0, 0.05) is 19.5 Å². The highest BCUT2D eigenvalue weighted by Crippen LogP contribution is 2.22. The second kappa shape index (κ2) is 6.87. The Morgan fingerprint density at radius 3 is 2.65 bits per heavy atom. The van der Waals surface area contributed by atoms with E-state index in [0.717, 1.165) is 12.8 Å². The molecule has 0 saturated carbocycles. The molecule has 6 nitrogen and oxygen atoms in total. The first-order valence-electron chi connectivity index (χ1n) is 7.23. The van der Waals surface area contributed by atoms with Gasteiger partial charge in [-0.25, -0.2) is 8.42 Å². The number of ether oxygens (including phenoxy) is 2. The zero-order valence-electron chi connectivity index (χ0n) is 11.9. The van der Waals surface area contributed by atoms with Gasteiger partial charge in [-0.2, -0.15) is 0 Å². The van der Waals surface area contributed by atoms with E-state index in [9.17, 15) is 13.2 Å². The van der Waals surface area contributed by atoms with Crippen molar-refractivity contribution in [1.29, 1.82) is 0 Å². The van der Waals surface area contributed by atoms with Gasteiger partial charge in [0.2, 0.25) is 0 Å². The number of esters is 1. The molecule has 2 rings (SSSR count). The van der Waals surface area contributed by atoms with Crippen LogP contribution in [0.3, 0.4) is 0 Å². The minimum atomic E-state index is -3.12. The van der Waals surface area contributed by atoms with E-state index in [1.54, 1.807) is 0 Å². The van der Waals surface area contributed by atoms with Gasteiger partial charge < -0.3 is 9.47 Å². The molecule has 2 atom stereocenters. The summed E-state index contributed by atoms with van der Waals surface area (Å²) in [6, 6.07) is -0.213. The lowest BCUT2D eigenvalue weighted by atomic mass is 10.1. The standard InChI is InChI=1S/C13H23NO5S/c1-2-3-4-13(15)19-12-10-20(16,17)9-11(12)14-5-7-18-8-6-14/h11-12H,2-10H2,1H3.